The fourth-order valence-corrected chi connectivity index (χ4v) is 3.86. The molecular formula is C22H20FN7O2. The Bertz CT molecular complexity index is 1300. The van der Waals surface area contributed by atoms with Gasteiger partial charge in [0.1, 0.15) is 11.6 Å². The van der Waals surface area contributed by atoms with E-state index in [0.717, 1.165) is 17.1 Å². The Balaban J connectivity index is 1.39. The Labute approximate surface area is 182 Å². The number of hydrogen-bond donors (Lipinski definition) is 2. The van der Waals surface area contributed by atoms with Crippen molar-refractivity contribution in [3.05, 3.63) is 78.1 Å². The van der Waals surface area contributed by atoms with Crippen molar-refractivity contribution < 1.29 is 14.3 Å². The Morgan fingerprint density at radius 3 is 2.81 bits per heavy atom. The topological polar surface area (TPSA) is 101 Å². The van der Waals surface area contributed by atoms with Crippen LogP contribution >= 0.6 is 0 Å². The van der Waals surface area contributed by atoms with Gasteiger partial charge in [0.05, 0.1) is 31.1 Å². The van der Waals surface area contributed by atoms with Crippen LogP contribution in [0, 0.1) is 5.82 Å². The minimum Gasteiger partial charge on any atom is -0.394 e. The molecule has 4 aromatic rings. The third-order valence-corrected chi connectivity index (χ3v) is 5.48. The highest BCUT2D eigenvalue weighted by Crippen LogP contribution is 2.32. The molecule has 1 atom stereocenters. The highest BCUT2D eigenvalue weighted by molar-refractivity contribution is 5.83. The summed E-state index contributed by atoms with van der Waals surface area (Å²) in [5.74, 6) is 0.755. The van der Waals surface area contributed by atoms with E-state index in [1.807, 2.05) is 19.2 Å². The fourth-order valence-electron chi connectivity index (χ4n) is 3.86. The summed E-state index contributed by atoms with van der Waals surface area (Å²) in [5.41, 5.74) is 2.75. The first-order valence-electron chi connectivity index (χ1n) is 10.0. The Hall–Kier alpha value is -4.05. The number of aromatic nitrogens is 5. The second kappa shape index (κ2) is 7.89. The predicted molar refractivity (Wildman–Crippen MR) is 115 cm³/mol. The number of benzene rings is 1. The molecule has 1 aliphatic heterocycles. The molecule has 0 unspecified atom stereocenters. The summed E-state index contributed by atoms with van der Waals surface area (Å²) in [5, 5.41) is 17.1. The highest BCUT2D eigenvalue weighted by atomic mass is 19.1. The maximum absolute atomic E-state index is 13.7. The van der Waals surface area contributed by atoms with Gasteiger partial charge in [-0.3, -0.25) is 9.25 Å². The van der Waals surface area contributed by atoms with Crippen molar-refractivity contribution in [1.82, 2.24) is 29.2 Å². The summed E-state index contributed by atoms with van der Waals surface area (Å²) < 4.78 is 16.9. The molecule has 0 radical (unpaired) electrons. The number of halogens is 1. The first-order chi connectivity index (χ1) is 15.5. The third kappa shape index (κ3) is 3.50. The van der Waals surface area contributed by atoms with Crippen molar-refractivity contribution in [2.24, 2.45) is 7.05 Å². The predicted octanol–water partition coefficient (Wildman–Crippen LogP) is 3.08. The van der Waals surface area contributed by atoms with E-state index in [4.69, 9.17) is 0 Å². The molecule has 9 nitrogen and oxygen atoms in total. The second-order valence-corrected chi connectivity index (χ2v) is 7.48. The van der Waals surface area contributed by atoms with Crippen LogP contribution in [0.1, 0.15) is 17.3 Å². The SMILES string of the molecule is Cn1nccc1Nc1nccc(-c2cc3n(c2)C(=O)N([C@H](CO)c2cccc(F)c2)C3)n1. The highest BCUT2D eigenvalue weighted by Gasteiger charge is 2.34. The van der Waals surface area contributed by atoms with Gasteiger partial charge in [0.2, 0.25) is 5.95 Å². The average molecular weight is 433 g/mol. The molecule has 0 bridgehead atoms. The Morgan fingerprint density at radius 1 is 1.22 bits per heavy atom. The molecule has 32 heavy (non-hydrogen) atoms. The standard InChI is InChI=1S/C22H20FN7O2/c1-28-20(6-8-25-28)27-21-24-7-5-18(26-21)15-10-17-12-30(22(32)29(17)11-15)19(13-31)14-3-2-4-16(23)9-14/h2-11,19,31H,12-13H2,1H3,(H,24,26,27)/t19-/m1/s1. The molecule has 1 aromatic carbocycles. The largest absolute Gasteiger partial charge is 0.394 e. The monoisotopic (exact) mass is 433 g/mol. The molecule has 4 heterocycles. The maximum Gasteiger partial charge on any atom is 0.329 e. The lowest BCUT2D eigenvalue weighted by molar-refractivity contribution is 0.141. The van der Waals surface area contributed by atoms with Crippen molar-refractivity contribution in [3.63, 3.8) is 0 Å². The van der Waals surface area contributed by atoms with E-state index in [-0.39, 0.29) is 12.6 Å². The number of aliphatic hydroxyl groups is 1. The van der Waals surface area contributed by atoms with E-state index in [1.165, 1.54) is 21.6 Å². The second-order valence-electron chi connectivity index (χ2n) is 7.48. The fraction of sp³-hybridized carbons (Fsp3) is 0.182. The average Bonchev–Trinajstić information content (AvgIpc) is 3.46. The van der Waals surface area contributed by atoms with Crippen LogP contribution in [0.5, 0.6) is 0 Å². The molecule has 3 aromatic heterocycles. The van der Waals surface area contributed by atoms with Crippen LogP contribution in [0.25, 0.3) is 11.3 Å². The molecular weight excluding hydrogens is 413 g/mol. The van der Waals surface area contributed by atoms with Gasteiger partial charge in [-0.25, -0.2) is 19.2 Å². The van der Waals surface area contributed by atoms with Gasteiger partial charge in [-0.2, -0.15) is 5.10 Å². The summed E-state index contributed by atoms with van der Waals surface area (Å²) in [6, 6.07) is 10.5. The molecule has 1 aliphatic rings. The van der Waals surface area contributed by atoms with Crippen molar-refractivity contribution in [3.8, 4) is 11.3 Å². The van der Waals surface area contributed by atoms with Crippen LogP contribution in [-0.2, 0) is 13.6 Å². The molecule has 0 aliphatic carbocycles. The lowest BCUT2D eigenvalue weighted by atomic mass is 10.1. The van der Waals surface area contributed by atoms with E-state index in [2.05, 4.69) is 20.4 Å². The number of carbonyl (C=O) groups is 1. The summed E-state index contributed by atoms with van der Waals surface area (Å²) >= 11 is 0. The molecule has 0 spiro atoms. The zero-order valence-corrected chi connectivity index (χ0v) is 17.2. The van der Waals surface area contributed by atoms with Gasteiger partial charge in [0.15, 0.2) is 0 Å². The van der Waals surface area contributed by atoms with Crippen molar-refractivity contribution in [2.45, 2.75) is 12.6 Å². The molecule has 0 saturated heterocycles. The van der Waals surface area contributed by atoms with Crippen molar-refractivity contribution in [2.75, 3.05) is 11.9 Å². The zero-order valence-electron chi connectivity index (χ0n) is 17.2. The summed E-state index contributed by atoms with van der Waals surface area (Å²) in [6.07, 6.45) is 5.03. The van der Waals surface area contributed by atoms with Gasteiger partial charge in [0.25, 0.3) is 0 Å². The van der Waals surface area contributed by atoms with Gasteiger partial charge < -0.3 is 15.3 Å². The Kier molecular flexibility index (Phi) is 4.91. The molecule has 5 rings (SSSR count). The summed E-state index contributed by atoms with van der Waals surface area (Å²) in [6.45, 7) is -0.00633. The quantitative estimate of drug-likeness (QED) is 0.485. The lowest BCUT2D eigenvalue weighted by Gasteiger charge is -2.26. The number of nitrogens with zero attached hydrogens (tertiary/aromatic N) is 6. The van der Waals surface area contributed by atoms with Crippen LogP contribution in [0.3, 0.4) is 0 Å². The van der Waals surface area contributed by atoms with E-state index < -0.39 is 11.9 Å². The number of rotatable bonds is 6. The number of aliphatic hydroxyl groups excluding tert-OH is 1. The number of fused-ring (bicyclic) bond motifs is 1. The van der Waals surface area contributed by atoms with E-state index in [1.54, 1.807) is 41.5 Å². The van der Waals surface area contributed by atoms with Crippen LogP contribution in [0.15, 0.2) is 61.1 Å². The number of nitrogens with one attached hydrogen (secondary N) is 1. The molecule has 10 heteroatoms. The maximum atomic E-state index is 13.7. The van der Waals surface area contributed by atoms with Crippen LogP contribution in [0.2, 0.25) is 0 Å². The van der Waals surface area contributed by atoms with E-state index in [0.29, 0.717) is 23.8 Å². The minimum atomic E-state index is -0.629. The molecule has 162 valence electrons. The van der Waals surface area contributed by atoms with E-state index in [9.17, 15) is 14.3 Å². The number of carbonyl (C=O) groups excluding carboxylic acids is 1. The normalized spacial score (nSPS) is 14.0. The third-order valence-electron chi connectivity index (χ3n) is 5.48. The number of hydrogen-bond acceptors (Lipinski definition) is 6. The number of aryl methyl sites for hydroxylation is 1. The van der Waals surface area contributed by atoms with Gasteiger partial charge in [-0.1, -0.05) is 12.1 Å². The van der Waals surface area contributed by atoms with Gasteiger partial charge in [0, 0.05) is 36.8 Å². The van der Waals surface area contributed by atoms with Crippen LogP contribution < -0.4 is 5.32 Å². The van der Waals surface area contributed by atoms with Crippen LogP contribution in [-0.4, -0.2) is 47.0 Å². The molecule has 1 amide bonds. The molecule has 0 saturated carbocycles. The first-order valence-corrected chi connectivity index (χ1v) is 10.0. The van der Waals surface area contributed by atoms with E-state index >= 15 is 0 Å². The minimum absolute atomic E-state index is 0.281. The zero-order chi connectivity index (χ0) is 22.2. The van der Waals surface area contributed by atoms with Gasteiger partial charge in [-0.05, 0) is 29.8 Å². The number of anilines is 2. The smallest absolute Gasteiger partial charge is 0.329 e. The first kappa shape index (κ1) is 19.9. The summed E-state index contributed by atoms with van der Waals surface area (Å²) in [4.78, 5) is 23.4. The van der Waals surface area contributed by atoms with Gasteiger partial charge >= 0.3 is 6.03 Å². The van der Waals surface area contributed by atoms with Gasteiger partial charge in [-0.15, -0.1) is 0 Å². The lowest BCUT2D eigenvalue weighted by Crippen LogP contribution is -2.32. The van der Waals surface area contributed by atoms with Crippen LogP contribution in [0.4, 0.5) is 21.0 Å². The molecule has 0 fully saturated rings. The Morgan fingerprint density at radius 2 is 2.09 bits per heavy atom. The summed E-state index contributed by atoms with van der Waals surface area (Å²) in [7, 11) is 1.81. The van der Waals surface area contributed by atoms with Crippen molar-refractivity contribution in [1.29, 1.82) is 0 Å². The number of amides is 1. The van der Waals surface area contributed by atoms with Crippen molar-refractivity contribution >= 4 is 17.8 Å². The molecule has 2 N–H and O–H groups in total.